The van der Waals surface area contributed by atoms with E-state index in [-0.39, 0.29) is 12.6 Å². The summed E-state index contributed by atoms with van der Waals surface area (Å²) in [6.07, 6.45) is 0. The summed E-state index contributed by atoms with van der Waals surface area (Å²) in [5.41, 5.74) is 1.01. The molecule has 0 aliphatic heterocycles. The van der Waals surface area contributed by atoms with E-state index in [9.17, 15) is 5.11 Å². The van der Waals surface area contributed by atoms with Gasteiger partial charge in [0.15, 0.2) is 0 Å². The summed E-state index contributed by atoms with van der Waals surface area (Å²) < 4.78 is 0.874. The molecule has 1 rings (SSSR count). The molecule has 0 saturated carbocycles. The highest BCUT2D eigenvalue weighted by atomic mass is 79.9. The van der Waals surface area contributed by atoms with Gasteiger partial charge in [0.2, 0.25) is 0 Å². The Morgan fingerprint density at radius 1 is 1.44 bits per heavy atom. The predicted octanol–water partition coefficient (Wildman–Crippen LogP) is 3.38. The summed E-state index contributed by atoms with van der Waals surface area (Å²) in [5, 5.41) is 13.3. The molecule has 0 fully saturated rings. The molecule has 0 aliphatic carbocycles. The minimum absolute atomic E-state index is 0.0481. The lowest BCUT2D eigenvalue weighted by atomic mass is 10.1. The smallest absolute Gasteiger partial charge is 0.0626 e. The van der Waals surface area contributed by atoms with Crippen molar-refractivity contribution < 1.29 is 5.11 Å². The Balaban J connectivity index is 2.74. The van der Waals surface area contributed by atoms with Gasteiger partial charge < -0.3 is 10.4 Å². The van der Waals surface area contributed by atoms with E-state index in [0.717, 1.165) is 16.6 Å². The maximum absolute atomic E-state index is 9.34. The average Bonchev–Trinajstić information content (AvgIpc) is 2.23. The Morgan fingerprint density at radius 3 is 2.62 bits per heavy atom. The van der Waals surface area contributed by atoms with Gasteiger partial charge in [-0.25, -0.2) is 0 Å². The topological polar surface area (TPSA) is 32.3 Å². The highest BCUT2D eigenvalue weighted by Crippen LogP contribution is 2.26. The van der Waals surface area contributed by atoms with Gasteiger partial charge in [-0.2, -0.15) is 0 Å². The SMILES string of the molecule is CC(C)CNC(CO)c1ccc(Br)c(Cl)c1. The van der Waals surface area contributed by atoms with Gasteiger partial charge in [-0.1, -0.05) is 31.5 Å². The molecule has 0 heterocycles. The molecule has 1 aromatic rings. The molecular weight excluding hydrogens is 289 g/mol. The molecule has 4 heteroatoms. The zero-order valence-corrected chi connectivity index (χ0v) is 11.8. The molecular formula is C12H17BrClNO. The number of aliphatic hydroxyl groups is 1. The molecule has 1 unspecified atom stereocenters. The molecule has 0 bridgehead atoms. The molecule has 0 aromatic heterocycles. The summed E-state index contributed by atoms with van der Waals surface area (Å²) in [6.45, 7) is 5.22. The van der Waals surface area contributed by atoms with Crippen LogP contribution < -0.4 is 5.32 Å². The van der Waals surface area contributed by atoms with Crippen molar-refractivity contribution >= 4 is 27.5 Å². The van der Waals surface area contributed by atoms with Gasteiger partial charge >= 0.3 is 0 Å². The second-order valence-corrected chi connectivity index (χ2v) is 5.47. The summed E-state index contributed by atoms with van der Waals surface area (Å²) in [4.78, 5) is 0. The van der Waals surface area contributed by atoms with Gasteiger partial charge in [0.1, 0.15) is 0 Å². The van der Waals surface area contributed by atoms with Crippen LogP contribution in [0, 0.1) is 5.92 Å². The first-order valence-corrected chi connectivity index (χ1v) is 6.51. The molecule has 1 atom stereocenters. The van der Waals surface area contributed by atoms with E-state index < -0.39 is 0 Å². The molecule has 2 nitrogen and oxygen atoms in total. The Kier molecular flexibility index (Phi) is 5.76. The van der Waals surface area contributed by atoms with Crippen molar-refractivity contribution in [3.63, 3.8) is 0 Å². The fraction of sp³-hybridized carbons (Fsp3) is 0.500. The van der Waals surface area contributed by atoms with Crippen molar-refractivity contribution in [3.05, 3.63) is 33.3 Å². The van der Waals surface area contributed by atoms with Gasteiger partial charge in [-0.15, -0.1) is 0 Å². The van der Waals surface area contributed by atoms with E-state index in [4.69, 9.17) is 11.6 Å². The van der Waals surface area contributed by atoms with Crippen LogP contribution >= 0.6 is 27.5 Å². The molecule has 2 N–H and O–H groups in total. The number of hydrogen-bond acceptors (Lipinski definition) is 2. The van der Waals surface area contributed by atoms with E-state index in [1.807, 2.05) is 18.2 Å². The Labute approximate surface area is 110 Å². The van der Waals surface area contributed by atoms with Crippen molar-refractivity contribution in [2.75, 3.05) is 13.2 Å². The zero-order valence-electron chi connectivity index (χ0n) is 9.50. The monoisotopic (exact) mass is 305 g/mol. The minimum atomic E-state index is -0.0481. The van der Waals surface area contributed by atoms with Crippen LogP contribution in [0.15, 0.2) is 22.7 Å². The Bertz CT molecular complexity index is 344. The Hall–Kier alpha value is -0.0900. The van der Waals surface area contributed by atoms with Crippen molar-refractivity contribution in [2.24, 2.45) is 5.92 Å². The molecule has 16 heavy (non-hydrogen) atoms. The van der Waals surface area contributed by atoms with Crippen LogP contribution in [-0.2, 0) is 0 Å². The molecule has 0 aliphatic rings. The summed E-state index contributed by atoms with van der Waals surface area (Å²) >= 11 is 9.37. The van der Waals surface area contributed by atoms with Crippen molar-refractivity contribution in [3.8, 4) is 0 Å². The van der Waals surface area contributed by atoms with Crippen molar-refractivity contribution in [2.45, 2.75) is 19.9 Å². The van der Waals surface area contributed by atoms with Gasteiger partial charge in [0.05, 0.1) is 17.7 Å². The largest absolute Gasteiger partial charge is 0.394 e. The minimum Gasteiger partial charge on any atom is -0.394 e. The quantitative estimate of drug-likeness (QED) is 0.874. The lowest BCUT2D eigenvalue weighted by Gasteiger charge is -2.18. The van der Waals surface area contributed by atoms with E-state index in [1.54, 1.807) is 0 Å². The van der Waals surface area contributed by atoms with Gasteiger partial charge in [0.25, 0.3) is 0 Å². The summed E-state index contributed by atoms with van der Waals surface area (Å²) in [6, 6.07) is 5.69. The third-order valence-corrected chi connectivity index (χ3v) is 3.53. The highest BCUT2D eigenvalue weighted by Gasteiger charge is 2.11. The van der Waals surface area contributed by atoms with E-state index in [2.05, 4.69) is 35.1 Å². The Morgan fingerprint density at radius 2 is 2.12 bits per heavy atom. The van der Waals surface area contributed by atoms with Crippen LogP contribution in [0.1, 0.15) is 25.5 Å². The molecule has 1 aromatic carbocycles. The van der Waals surface area contributed by atoms with Crippen LogP contribution in [0.5, 0.6) is 0 Å². The van der Waals surface area contributed by atoms with E-state index >= 15 is 0 Å². The maximum Gasteiger partial charge on any atom is 0.0626 e. The molecule has 0 amide bonds. The first-order chi connectivity index (χ1) is 7.54. The molecule has 0 spiro atoms. The van der Waals surface area contributed by atoms with Crippen LogP contribution in [0.3, 0.4) is 0 Å². The summed E-state index contributed by atoms with van der Waals surface area (Å²) in [5.74, 6) is 0.556. The average molecular weight is 307 g/mol. The van der Waals surface area contributed by atoms with Gasteiger partial charge in [-0.05, 0) is 46.1 Å². The van der Waals surface area contributed by atoms with Crippen LogP contribution in [0.4, 0.5) is 0 Å². The van der Waals surface area contributed by atoms with Crippen LogP contribution in [0.25, 0.3) is 0 Å². The van der Waals surface area contributed by atoms with Gasteiger partial charge in [-0.3, -0.25) is 0 Å². The number of benzene rings is 1. The first-order valence-electron chi connectivity index (χ1n) is 5.33. The van der Waals surface area contributed by atoms with E-state index in [1.165, 1.54) is 0 Å². The highest BCUT2D eigenvalue weighted by molar-refractivity contribution is 9.10. The fourth-order valence-electron chi connectivity index (χ4n) is 1.39. The lowest BCUT2D eigenvalue weighted by Crippen LogP contribution is -2.27. The second kappa shape index (κ2) is 6.60. The summed E-state index contributed by atoms with van der Waals surface area (Å²) in [7, 11) is 0. The van der Waals surface area contributed by atoms with Gasteiger partial charge in [0, 0.05) is 4.47 Å². The number of rotatable bonds is 5. The standard InChI is InChI=1S/C12H17BrClNO/c1-8(2)6-15-12(7-16)9-3-4-10(13)11(14)5-9/h3-5,8,12,15-16H,6-7H2,1-2H3. The second-order valence-electron chi connectivity index (χ2n) is 4.21. The van der Waals surface area contributed by atoms with E-state index in [0.29, 0.717) is 10.9 Å². The normalized spacial score (nSPS) is 13.1. The molecule has 90 valence electrons. The number of nitrogens with one attached hydrogen (secondary N) is 1. The number of halogens is 2. The predicted molar refractivity (Wildman–Crippen MR) is 71.8 cm³/mol. The maximum atomic E-state index is 9.34. The number of aliphatic hydroxyl groups excluding tert-OH is 1. The third kappa shape index (κ3) is 4.06. The lowest BCUT2D eigenvalue weighted by molar-refractivity contribution is 0.241. The molecule has 0 saturated heterocycles. The van der Waals surface area contributed by atoms with Crippen LogP contribution in [0.2, 0.25) is 5.02 Å². The van der Waals surface area contributed by atoms with Crippen molar-refractivity contribution in [1.82, 2.24) is 5.32 Å². The zero-order chi connectivity index (χ0) is 12.1. The first kappa shape index (κ1) is 14.0. The van der Waals surface area contributed by atoms with Crippen LogP contribution in [-0.4, -0.2) is 18.3 Å². The molecule has 0 radical (unpaired) electrons. The fourth-order valence-corrected chi connectivity index (χ4v) is 1.83. The van der Waals surface area contributed by atoms with Crippen molar-refractivity contribution in [1.29, 1.82) is 0 Å². The number of hydrogen-bond donors (Lipinski definition) is 2. The third-order valence-electron chi connectivity index (χ3n) is 2.30.